The number of hydrogen-bond donors (Lipinski definition) is 1. The van der Waals surface area contributed by atoms with Gasteiger partial charge in [-0.2, -0.15) is 13.1 Å². The highest BCUT2D eigenvalue weighted by Crippen LogP contribution is 2.40. The van der Waals surface area contributed by atoms with Crippen LogP contribution in [0.4, 0.5) is 0 Å². The molecule has 2 heterocycles. The highest BCUT2D eigenvalue weighted by Gasteiger charge is 2.52. The predicted octanol–water partition coefficient (Wildman–Crippen LogP) is 6.10. The Bertz CT molecular complexity index is 1400. The second-order valence-electron chi connectivity index (χ2n) is 9.89. The fraction of sp³-hybridized carbons (Fsp3) is 0.379. The second-order valence-corrected chi connectivity index (χ2v) is 15.0. The highest BCUT2D eigenvalue weighted by molar-refractivity contribution is 7.99. The number of benzene rings is 3. The summed E-state index contributed by atoms with van der Waals surface area (Å²) in [4.78, 5) is 0.872. The van der Waals surface area contributed by atoms with E-state index in [2.05, 4.69) is 4.72 Å². The SMILES string of the molecule is Cc1ccc(S[C@@H]2O[C@@H]3CO[C@@H](c4ccccc4)O[C@H]3[C@H](OCc3ccccc3)[C@H]2NS(=O)(=O)OCC(Cl)(Cl)Cl)cc1. The Labute approximate surface area is 265 Å². The van der Waals surface area contributed by atoms with Crippen molar-refractivity contribution in [3.05, 3.63) is 102 Å². The van der Waals surface area contributed by atoms with Crippen LogP contribution in [0.5, 0.6) is 0 Å². The van der Waals surface area contributed by atoms with Crippen molar-refractivity contribution in [2.45, 2.75) is 58.3 Å². The summed E-state index contributed by atoms with van der Waals surface area (Å²) < 4.78 is 57.4. The van der Waals surface area contributed by atoms with E-state index in [1.54, 1.807) is 0 Å². The monoisotopic (exact) mass is 673 g/mol. The first-order valence-corrected chi connectivity index (χ1v) is 16.6. The van der Waals surface area contributed by atoms with Crippen molar-refractivity contribution in [3.8, 4) is 0 Å². The van der Waals surface area contributed by atoms with Gasteiger partial charge in [0.25, 0.3) is 0 Å². The summed E-state index contributed by atoms with van der Waals surface area (Å²) in [5, 5.41) is 0. The summed E-state index contributed by atoms with van der Waals surface area (Å²) in [5.74, 6) is 0. The molecule has 0 bridgehead atoms. The zero-order valence-electron chi connectivity index (χ0n) is 22.5. The van der Waals surface area contributed by atoms with Gasteiger partial charge < -0.3 is 18.9 Å². The molecule has 3 aromatic rings. The molecular weight excluding hydrogens is 645 g/mol. The lowest BCUT2D eigenvalue weighted by molar-refractivity contribution is -0.312. The molecule has 0 unspecified atom stereocenters. The molecule has 2 saturated heterocycles. The van der Waals surface area contributed by atoms with Gasteiger partial charge in [0.05, 0.1) is 19.3 Å². The average molecular weight is 675 g/mol. The van der Waals surface area contributed by atoms with Crippen molar-refractivity contribution < 1.29 is 31.5 Å². The molecular formula is C29H30Cl3NO7S2. The van der Waals surface area contributed by atoms with E-state index in [1.807, 2.05) is 91.9 Å². The van der Waals surface area contributed by atoms with Crippen molar-refractivity contribution >= 4 is 56.9 Å². The summed E-state index contributed by atoms with van der Waals surface area (Å²) in [6, 6.07) is 25.9. The van der Waals surface area contributed by atoms with E-state index >= 15 is 0 Å². The number of ether oxygens (including phenoxy) is 4. The molecule has 5 rings (SSSR count). The van der Waals surface area contributed by atoms with Gasteiger partial charge in [0.1, 0.15) is 30.4 Å². The van der Waals surface area contributed by atoms with Gasteiger partial charge in [-0.25, -0.2) is 0 Å². The molecule has 13 heteroatoms. The van der Waals surface area contributed by atoms with Crippen LogP contribution in [0, 0.1) is 6.92 Å². The lowest BCUT2D eigenvalue weighted by Gasteiger charge is -2.49. The predicted molar refractivity (Wildman–Crippen MR) is 163 cm³/mol. The minimum absolute atomic E-state index is 0.199. The standard InChI is InChI=1S/C29H30Cl3NO7S2/c1-19-12-14-22(15-13-19)41-28-24(33-42(34,35)38-18-29(30,31)32)26(36-16-20-8-4-2-5-9-20)25-23(39-28)17-37-27(40-25)21-10-6-3-7-11-21/h2-15,23-28,33H,16-18H2,1H3/t23-,24-,25-,26-,27-,28+/m1/s1. The Balaban J connectivity index is 1.47. The third kappa shape index (κ3) is 8.83. The topological polar surface area (TPSA) is 92.3 Å². The van der Waals surface area contributed by atoms with E-state index in [0.29, 0.717) is 0 Å². The number of hydrogen-bond acceptors (Lipinski definition) is 8. The minimum Gasteiger partial charge on any atom is -0.369 e. The molecule has 3 aromatic carbocycles. The molecule has 0 amide bonds. The highest BCUT2D eigenvalue weighted by atomic mass is 35.6. The molecule has 226 valence electrons. The van der Waals surface area contributed by atoms with Crippen molar-refractivity contribution in [2.24, 2.45) is 0 Å². The number of fused-ring (bicyclic) bond motifs is 1. The summed E-state index contributed by atoms with van der Waals surface area (Å²) >= 11 is 18.7. The maximum atomic E-state index is 13.2. The lowest BCUT2D eigenvalue weighted by Crippen LogP contribution is -2.66. The molecule has 8 nitrogen and oxygen atoms in total. The van der Waals surface area contributed by atoms with E-state index in [4.69, 9.17) is 57.9 Å². The minimum atomic E-state index is -4.43. The van der Waals surface area contributed by atoms with Gasteiger partial charge in [-0.3, -0.25) is 4.18 Å². The van der Waals surface area contributed by atoms with Gasteiger partial charge in [0.2, 0.25) is 3.79 Å². The molecule has 2 fully saturated rings. The molecule has 0 aromatic heterocycles. The van der Waals surface area contributed by atoms with Crippen molar-refractivity contribution in [3.63, 3.8) is 0 Å². The van der Waals surface area contributed by atoms with Gasteiger partial charge in [-0.1, -0.05) is 125 Å². The van der Waals surface area contributed by atoms with Crippen molar-refractivity contribution in [2.75, 3.05) is 13.2 Å². The Morgan fingerprint density at radius 1 is 0.952 bits per heavy atom. The fourth-order valence-electron chi connectivity index (χ4n) is 4.64. The number of alkyl halides is 3. The Kier molecular flexibility index (Phi) is 10.8. The van der Waals surface area contributed by atoms with Crippen molar-refractivity contribution in [1.82, 2.24) is 4.72 Å². The summed E-state index contributed by atoms with van der Waals surface area (Å²) in [7, 11) is -4.43. The summed E-state index contributed by atoms with van der Waals surface area (Å²) in [6.45, 7) is 1.72. The zero-order chi connectivity index (χ0) is 29.7. The van der Waals surface area contributed by atoms with Crippen LogP contribution in [0.1, 0.15) is 23.0 Å². The summed E-state index contributed by atoms with van der Waals surface area (Å²) in [5.41, 5.74) is 2.06. The van der Waals surface area contributed by atoms with Gasteiger partial charge in [0.15, 0.2) is 6.29 Å². The molecule has 6 atom stereocenters. The van der Waals surface area contributed by atoms with Gasteiger partial charge >= 0.3 is 10.3 Å². The average Bonchev–Trinajstić information content (AvgIpc) is 2.97. The van der Waals surface area contributed by atoms with Crippen LogP contribution in [0.25, 0.3) is 0 Å². The largest absolute Gasteiger partial charge is 0.369 e. The molecule has 0 spiro atoms. The number of nitrogens with one attached hydrogen (secondary N) is 1. The first kappa shape index (κ1) is 32.0. The first-order chi connectivity index (χ1) is 20.1. The normalized spacial score (nSPS) is 26.5. The van der Waals surface area contributed by atoms with Crippen LogP contribution in [0.3, 0.4) is 0 Å². The quantitative estimate of drug-likeness (QED) is 0.258. The van der Waals surface area contributed by atoms with Crippen LogP contribution < -0.4 is 4.72 Å². The number of halogens is 3. The Hall–Kier alpha value is -1.41. The molecule has 0 radical (unpaired) electrons. The third-order valence-corrected chi connectivity index (χ3v) is 9.12. The van der Waals surface area contributed by atoms with E-state index in [1.165, 1.54) is 11.8 Å². The smallest absolute Gasteiger partial charge is 0.336 e. The van der Waals surface area contributed by atoms with Crippen molar-refractivity contribution in [1.29, 1.82) is 0 Å². The Morgan fingerprint density at radius 3 is 2.29 bits per heavy atom. The van der Waals surface area contributed by atoms with Crippen LogP contribution in [-0.2, 0) is 40.0 Å². The van der Waals surface area contributed by atoms with E-state index in [0.717, 1.165) is 21.6 Å². The van der Waals surface area contributed by atoms with E-state index in [-0.39, 0.29) is 13.2 Å². The van der Waals surface area contributed by atoms with Gasteiger partial charge in [-0.15, -0.1) is 0 Å². The Morgan fingerprint density at radius 2 is 1.62 bits per heavy atom. The molecule has 1 N–H and O–H groups in total. The van der Waals surface area contributed by atoms with Gasteiger partial charge in [-0.05, 0) is 24.6 Å². The van der Waals surface area contributed by atoms with Crippen LogP contribution in [-0.4, -0.2) is 55.2 Å². The van der Waals surface area contributed by atoms with Gasteiger partial charge in [0, 0.05) is 10.5 Å². The van der Waals surface area contributed by atoms with Crippen LogP contribution in [0.2, 0.25) is 0 Å². The van der Waals surface area contributed by atoms with E-state index < -0.39 is 56.8 Å². The summed E-state index contributed by atoms with van der Waals surface area (Å²) in [6.07, 6.45) is -2.74. The fourth-order valence-corrected chi connectivity index (χ4v) is 7.20. The molecule has 2 aliphatic heterocycles. The van der Waals surface area contributed by atoms with Crippen LogP contribution >= 0.6 is 46.6 Å². The molecule has 0 saturated carbocycles. The zero-order valence-corrected chi connectivity index (χ0v) is 26.4. The maximum absolute atomic E-state index is 13.2. The van der Waals surface area contributed by atoms with E-state index in [9.17, 15) is 8.42 Å². The molecule has 42 heavy (non-hydrogen) atoms. The number of aryl methyl sites for hydroxylation is 1. The molecule has 2 aliphatic rings. The lowest BCUT2D eigenvalue weighted by atomic mass is 9.97. The second kappa shape index (κ2) is 14.1. The van der Waals surface area contributed by atoms with Crippen LogP contribution in [0.15, 0.2) is 89.8 Å². The molecule has 0 aliphatic carbocycles. The third-order valence-electron chi connectivity index (χ3n) is 6.63. The number of rotatable bonds is 10. The maximum Gasteiger partial charge on any atom is 0.336 e. The number of thioether (sulfide) groups is 1. The first-order valence-electron chi connectivity index (χ1n) is 13.2.